The van der Waals surface area contributed by atoms with E-state index in [1.54, 1.807) is 118 Å². The van der Waals surface area contributed by atoms with E-state index in [1.165, 1.54) is 0 Å². The second-order valence-electron chi connectivity index (χ2n) is 32.1. The van der Waals surface area contributed by atoms with Crippen molar-refractivity contribution in [2.45, 2.75) is 149 Å². The summed E-state index contributed by atoms with van der Waals surface area (Å²) in [5.41, 5.74) is 39.0. The fraction of sp³-hybridized carbons (Fsp3) is 0.214. The second-order valence-corrected chi connectivity index (χ2v) is 33.0. The molecule has 27 nitrogen and oxygen atoms in total. The standard InChI is InChI=1S/C26H24N2O4.C25H29BO6.C24H20N2O4.C24H19NO5.C7H7BrN2.6CH4.ClH.Li.H2O/c1-2-30-24(29)15-19-6-3-4-9-23(19)32-16-17-12-20-10-11-31-25(20)22(13-17)18-7-5-8-21(14-18)26(27)28;1-6-28-22(27)15-18-9-7-8-10-21(18)30-16-17-13-19-11-12-29-23(19)20(14-17)26-31-24(2,3)25(4,5)32-26;25-24(26)19-6-3-5-16(12-19)20-11-15(10-18-8-9-29-23(18)20)14-30-21-7-2-1-4-17(21)13-22(27)28;25-24(28)19-6-3-5-16(12-19)20-11-15(10-18-8-9-29-23(18)20)14-30-21-7-2-1-4-17(21)13-22(26)27;8-6-3-1-2-5(4-6)7(9)10;;;;;;;;;/h3-14H,2,15-16H2,1H3,(H3,27,28);7-14H,6,15-16H2,1-5H3;1-12H,13-14H2,(H3,25,26)(H,27,28);1-12H,13-14H2,(H2,25,28)(H,26,27);1-4H,(H3,9,10);6*1H4;1H;;1H2/q;;;;;;;;;;;;+1;/p-1. The molecule has 17 rings (SSSR count). The summed E-state index contributed by atoms with van der Waals surface area (Å²) in [6, 6.07) is 82.0. The molecule has 0 unspecified atom stereocenters. The minimum Gasteiger partial charge on any atom is -0.870 e. The van der Waals surface area contributed by atoms with Crippen LogP contribution in [0.1, 0.15) is 158 Å². The zero-order valence-electron chi connectivity index (χ0n) is 76.2. The van der Waals surface area contributed by atoms with Gasteiger partial charge in [-0.05, 0) is 208 Å². The smallest absolute Gasteiger partial charge is 0.870 e. The molecular formula is C112H125BBrClLiN7O20. The van der Waals surface area contributed by atoms with E-state index >= 15 is 0 Å². The first kappa shape index (κ1) is 120. The van der Waals surface area contributed by atoms with Crippen LogP contribution < -0.4 is 66.2 Å². The Kier molecular flexibility index (Phi) is 47.1. The van der Waals surface area contributed by atoms with Crippen molar-refractivity contribution in [2.24, 2.45) is 22.9 Å². The van der Waals surface area contributed by atoms with Gasteiger partial charge in [-0.1, -0.05) is 200 Å². The maximum atomic E-state index is 11.9. The third-order valence-corrected chi connectivity index (χ3v) is 22.5. The molecule has 1 amide bonds. The minimum absolute atomic E-state index is 0. The molecule has 5 heterocycles. The number of primary amides is 1. The fourth-order valence-corrected chi connectivity index (χ4v) is 15.2. The van der Waals surface area contributed by atoms with Crippen LogP contribution in [0.15, 0.2) is 314 Å². The van der Waals surface area contributed by atoms with Crippen molar-refractivity contribution < 1.29 is 114 Å². The van der Waals surface area contributed by atoms with Crippen LogP contribution in [0, 0.1) is 16.2 Å². The minimum atomic E-state index is -0.914. The topological polar surface area (TPSA) is 458 Å². The third kappa shape index (κ3) is 31.8. The maximum absolute atomic E-state index is 11.9. The van der Waals surface area contributed by atoms with E-state index in [1.807, 2.05) is 216 Å². The van der Waals surface area contributed by atoms with Crippen molar-refractivity contribution in [3.05, 3.63) is 363 Å². The summed E-state index contributed by atoms with van der Waals surface area (Å²) in [4.78, 5) is 57.6. The molecule has 31 heteroatoms. The molecule has 746 valence electrons. The number of nitrogens with two attached hydrogens (primary N) is 4. The number of esters is 2. The maximum Gasteiger partial charge on any atom is 1.00 e. The first-order chi connectivity index (χ1) is 64.5. The van der Waals surface area contributed by atoms with Crippen molar-refractivity contribution >= 4 is 132 Å². The molecule has 1 saturated heterocycles. The van der Waals surface area contributed by atoms with Gasteiger partial charge in [0.1, 0.15) is 89.3 Å². The number of nitrogen functional groups attached to an aromatic ring is 3. The zero-order valence-corrected chi connectivity index (χ0v) is 78.6. The van der Waals surface area contributed by atoms with Crippen LogP contribution in [0.5, 0.6) is 23.0 Å². The molecule has 143 heavy (non-hydrogen) atoms. The number of aliphatic carboxylic acids is 2. The molecular weight excluding hydrogens is 1900 g/mol. The van der Waals surface area contributed by atoms with Crippen LogP contribution in [0.25, 0.3) is 77.3 Å². The van der Waals surface area contributed by atoms with Crippen LogP contribution >= 0.6 is 28.3 Å². The number of rotatable bonds is 30. The number of halogens is 2. The average molecular weight is 2020 g/mol. The molecule has 0 spiro atoms. The van der Waals surface area contributed by atoms with Crippen molar-refractivity contribution in [1.29, 1.82) is 16.2 Å². The van der Waals surface area contributed by atoms with Crippen LogP contribution in [0.3, 0.4) is 0 Å². The largest absolute Gasteiger partial charge is 1.00 e. The Balaban J connectivity index is 0.000000377. The predicted octanol–water partition coefficient (Wildman–Crippen LogP) is 21.3. The number of nitrogens with one attached hydrogen (secondary N) is 3. The number of carbonyl (C=O) groups excluding carboxylic acids is 3. The van der Waals surface area contributed by atoms with Crippen molar-refractivity contribution in [3.63, 3.8) is 0 Å². The Hall–Kier alpha value is -14.9. The Bertz CT molecular complexity index is 6780. The van der Waals surface area contributed by atoms with Gasteiger partial charge in [-0.25, -0.2) is 0 Å². The van der Waals surface area contributed by atoms with Gasteiger partial charge in [-0.15, -0.1) is 12.4 Å². The third-order valence-electron chi connectivity index (χ3n) is 22.0. The van der Waals surface area contributed by atoms with E-state index in [-0.39, 0.29) is 150 Å². The van der Waals surface area contributed by atoms with E-state index < -0.39 is 36.2 Å². The number of carbonyl (C=O) groups is 5. The second kappa shape index (κ2) is 55.9. The molecule has 0 bridgehead atoms. The molecule has 0 radical (unpaired) electrons. The van der Waals surface area contributed by atoms with Crippen molar-refractivity contribution in [3.8, 4) is 56.4 Å². The molecule has 14 N–H and O–H groups in total. The Morgan fingerprint density at radius 2 is 0.643 bits per heavy atom. The van der Waals surface area contributed by atoms with Gasteiger partial charge >= 0.3 is 49.9 Å². The number of amidine groups is 3. The molecule has 12 aromatic carbocycles. The molecule has 16 aromatic rings. The van der Waals surface area contributed by atoms with Gasteiger partial charge in [-0.3, -0.25) is 40.2 Å². The van der Waals surface area contributed by atoms with Crippen molar-refractivity contribution in [1.82, 2.24) is 0 Å². The van der Waals surface area contributed by atoms with E-state index in [9.17, 15) is 24.0 Å². The SMILES string of the molecule is C.C.C.C.C.C.CCOC(=O)Cc1ccccc1OCc1cc(-c2cccc(C(=N)N)c2)c2occc2c1.CCOC(=O)Cc1ccccc1OCc1cc(B2OC(C)(C)C(C)(C)O2)c2occc2c1.Cl.N=C(N)c1cccc(-c2cc(COc3ccccc3CC(=O)O)cc3ccoc23)c1.N=C(N)c1cccc(Br)c1.NC(=O)c1cccc(-c2cc(COc3ccccc3CC(=O)O)cc3ccoc23)c1.[Li+].[OH-]. The van der Waals surface area contributed by atoms with E-state index in [4.69, 9.17) is 105 Å². The molecule has 1 fully saturated rings. The van der Waals surface area contributed by atoms with Crippen LogP contribution in [-0.4, -0.2) is 94.5 Å². The average Bonchev–Trinajstić information content (AvgIpc) is 1.60. The zero-order chi connectivity index (χ0) is 95.2. The number of amides is 1. The number of furan rings is 4. The number of hydrogen-bond donors (Lipinski definition) is 9. The van der Waals surface area contributed by atoms with Crippen LogP contribution in [0.4, 0.5) is 0 Å². The summed E-state index contributed by atoms with van der Waals surface area (Å²) in [6.45, 7) is 13.6. The molecule has 1 aliphatic heterocycles. The first-order valence-electron chi connectivity index (χ1n) is 42.8. The number of fused-ring (bicyclic) bond motifs is 4. The van der Waals surface area contributed by atoms with Gasteiger partial charge in [-0.2, -0.15) is 0 Å². The van der Waals surface area contributed by atoms with Crippen molar-refractivity contribution in [2.75, 3.05) is 13.2 Å². The number of carboxylic acids is 2. The summed E-state index contributed by atoms with van der Waals surface area (Å²) in [7, 11) is -0.537. The number of carboxylic acid groups (broad SMARTS) is 2. The Labute approximate surface area is 861 Å². The number of ether oxygens (including phenoxy) is 6. The summed E-state index contributed by atoms with van der Waals surface area (Å²) in [5.74, 6) is -0.371. The summed E-state index contributed by atoms with van der Waals surface area (Å²) in [5, 5.41) is 44.4. The van der Waals surface area contributed by atoms with Gasteiger partial charge in [0.05, 0.1) is 75.2 Å². The molecule has 0 atom stereocenters. The molecule has 1 aliphatic rings. The fourth-order valence-electron chi connectivity index (χ4n) is 14.8. The van der Waals surface area contributed by atoms with E-state index in [0.29, 0.717) is 82.8 Å². The van der Waals surface area contributed by atoms with Crippen LogP contribution in [0.2, 0.25) is 0 Å². The Morgan fingerprint density at radius 3 is 0.944 bits per heavy atom. The van der Waals surface area contributed by atoms with Crippen LogP contribution in [-0.2, 0) is 90.1 Å². The van der Waals surface area contributed by atoms with Gasteiger partial charge in [0.25, 0.3) is 0 Å². The Morgan fingerprint density at radius 1 is 0.364 bits per heavy atom. The van der Waals surface area contributed by atoms with Gasteiger partial charge in [0.15, 0.2) is 0 Å². The van der Waals surface area contributed by atoms with Gasteiger partial charge in [0.2, 0.25) is 5.91 Å². The van der Waals surface area contributed by atoms with E-state index in [2.05, 4.69) is 15.9 Å². The number of benzene rings is 12. The first-order valence-corrected chi connectivity index (χ1v) is 43.6. The predicted molar refractivity (Wildman–Crippen MR) is 569 cm³/mol. The van der Waals surface area contributed by atoms with Gasteiger partial charge < -0.3 is 94.0 Å². The number of para-hydroxylation sites is 4. The summed E-state index contributed by atoms with van der Waals surface area (Å²) >= 11 is 3.28. The summed E-state index contributed by atoms with van der Waals surface area (Å²) in [6.07, 6.45) is 6.69. The van der Waals surface area contributed by atoms with Gasteiger partial charge in [0, 0.05) is 92.7 Å². The monoisotopic (exact) mass is 2020 g/mol. The quantitative estimate of drug-likeness (QED) is 0.00873. The normalized spacial score (nSPS) is 11.4. The molecule has 0 aliphatic carbocycles. The van der Waals surface area contributed by atoms with E-state index in [0.717, 1.165) is 121 Å². The molecule has 4 aromatic heterocycles. The molecule has 0 saturated carbocycles. The summed E-state index contributed by atoms with van der Waals surface area (Å²) < 4.78 is 70.5. The number of hydrogen-bond acceptors (Lipinski definition) is 21.